The van der Waals surface area contributed by atoms with Crippen molar-refractivity contribution < 1.29 is 4.79 Å². The first-order valence-corrected chi connectivity index (χ1v) is 10.8. The van der Waals surface area contributed by atoms with Crippen LogP contribution < -0.4 is 4.90 Å². The molecule has 1 aromatic heterocycles. The summed E-state index contributed by atoms with van der Waals surface area (Å²) in [5.41, 5.74) is 5.89. The minimum atomic E-state index is 0.0543. The molecule has 1 fully saturated rings. The summed E-state index contributed by atoms with van der Waals surface area (Å²) < 4.78 is 2.04. The van der Waals surface area contributed by atoms with E-state index in [-0.39, 0.29) is 5.91 Å². The number of hydrogen-bond acceptors (Lipinski definition) is 3. The zero-order valence-corrected chi connectivity index (χ0v) is 18.1. The third-order valence-electron chi connectivity index (χ3n) is 5.91. The van der Waals surface area contributed by atoms with Gasteiger partial charge in [0.1, 0.15) is 6.33 Å². The monoisotopic (exact) mass is 430 g/mol. The maximum absolute atomic E-state index is 13.1. The summed E-state index contributed by atoms with van der Waals surface area (Å²) >= 11 is 6.18. The van der Waals surface area contributed by atoms with Crippen LogP contribution >= 0.6 is 11.6 Å². The molecule has 0 atom stereocenters. The highest BCUT2D eigenvalue weighted by Gasteiger charge is 2.23. The van der Waals surface area contributed by atoms with Crippen molar-refractivity contribution >= 4 is 34.2 Å². The van der Waals surface area contributed by atoms with Gasteiger partial charge in [-0.05, 0) is 55.0 Å². The van der Waals surface area contributed by atoms with Gasteiger partial charge in [0, 0.05) is 48.1 Å². The number of aryl methyl sites for hydroxylation is 1. The van der Waals surface area contributed by atoms with Gasteiger partial charge in [0.05, 0.1) is 11.0 Å². The number of para-hydroxylation sites is 1. The van der Waals surface area contributed by atoms with E-state index in [4.69, 9.17) is 11.6 Å². The van der Waals surface area contributed by atoms with Crippen molar-refractivity contribution in [2.75, 3.05) is 31.1 Å². The number of piperazine rings is 1. The van der Waals surface area contributed by atoms with E-state index in [1.165, 1.54) is 5.56 Å². The number of rotatable bonds is 3. The molecular formula is C25H23ClN4O. The van der Waals surface area contributed by atoms with Gasteiger partial charge < -0.3 is 9.80 Å². The predicted octanol–water partition coefficient (Wildman–Crippen LogP) is 4.95. The van der Waals surface area contributed by atoms with E-state index in [0.717, 1.165) is 40.5 Å². The molecule has 2 heterocycles. The van der Waals surface area contributed by atoms with Crippen molar-refractivity contribution in [2.24, 2.45) is 0 Å². The number of amides is 1. The smallest absolute Gasteiger partial charge is 0.254 e. The summed E-state index contributed by atoms with van der Waals surface area (Å²) in [5, 5.41) is 0.738. The Balaban J connectivity index is 1.32. The van der Waals surface area contributed by atoms with Gasteiger partial charge >= 0.3 is 0 Å². The van der Waals surface area contributed by atoms with E-state index in [9.17, 15) is 4.79 Å². The zero-order chi connectivity index (χ0) is 21.4. The largest absolute Gasteiger partial charge is 0.368 e. The summed E-state index contributed by atoms with van der Waals surface area (Å²) in [7, 11) is 0. The first-order chi connectivity index (χ1) is 15.1. The standard InChI is InChI=1S/C25H23ClN4O/c1-18-7-9-20(26)16-24(18)28-11-13-29(14-12-28)25(31)19-8-10-23-22(15-19)27-17-30(23)21-5-3-2-4-6-21/h2-10,15-17H,11-14H2,1H3. The van der Waals surface area contributed by atoms with Crippen molar-refractivity contribution in [1.29, 1.82) is 0 Å². The molecule has 156 valence electrons. The number of carbonyl (C=O) groups excluding carboxylic acids is 1. The Bertz CT molecular complexity index is 1240. The van der Waals surface area contributed by atoms with E-state index in [1.54, 1.807) is 6.33 Å². The number of carbonyl (C=O) groups is 1. The minimum absolute atomic E-state index is 0.0543. The molecule has 1 amide bonds. The number of aromatic nitrogens is 2. The van der Waals surface area contributed by atoms with Gasteiger partial charge in [-0.15, -0.1) is 0 Å². The lowest BCUT2D eigenvalue weighted by molar-refractivity contribution is 0.0747. The number of anilines is 1. The molecule has 5 nitrogen and oxygen atoms in total. The Morgan fingerprint density at radius 2 is 1.71 bits per heavy atom. The molecule has 3 aromatic carbocycles. The van der Waals surface area contributed by atoms with Crippen LogP contribution in [0.5, 0.6) is 0 Å². The fourth-order valence-electron chi connectivity index (χ4n) is 4.20. The molecule has 0 radical (unpaired) electrons. The zero-order valence-electron chi connectivity index (χ0n) is 17.3. The Labute approximate surface area is 186 Å². The SMILES string of the molecule is Cc1ccc(Cl)cc1N1CCN(C(=O)c2ccc3c(c2)ncn3-c2ccccc2)CC1. The van der Waals surface area contributed by atoms with Crippen molar-refractivity contribution in [3.8, 4) is 5.69 Å². The molecule has 0 unspecified atom stereocenters. The number of benzene rings is 3. The molecule has 1 aliphatic heterocycles. The summed E-state index contributed by atoms with van der Waals surface area (Å²) in [6.45, 7) is 5.03. The lowest BCUT2D eigenvalue weighted by Crippen LogP contribution is -2.49. The number of hydrogen-bond donors (Lipinski definition) is 0. The van der Waals surface area contributed by atoms with Gasteiger partial charge in [0.2, 0.25) is 0 Å². The quantitative estimate of drug-likeness (QED) is 0.461. The highest BCUT2D eigenvalue weighted by Crippen LogP contribution is 2.26. The van der Waals surface area contributed by atoms with Crippen LogP contribution in [0.3, 0.4) is 0 Å². The second kappa shape index (κ2) is 8.08. The van der Waals surface area contributed by atoms with Crippen LogP contribution in [0.2, 0.25) is 5.02 Å². The third kappa shape index (κ3) is 3.77. The van der Waals surface area contributed by atoms with Crippen LogP contribution in [0.25, 0.3) is 16.7 Å². The van der Waals surface area contributed by atoms with Crippen LogP contribution in [-0.2, 0) is 0 Å². The van der Waals surface area contributed by atoms with Crippen LogP contribution in [-0.4, -0.2) is 46.5 Å². The van der Waals surface area contributed by atoms with E-state index in [2.05, 4.69) is 16.8 Å². The molecule has 6 heteroatoms. The minimum Gasteiger partial charge on any atom is -0.368 e. The molecule has 0 N–H and O–H groups in total. The first kappa shape index (κ1) is 19.6. The van der Waals surface area contributed by atoms with Crippen molar-refractivity contribution in [3.05, 3.63) is 89.2 Å². The van der Waals surface area contributed by atoms with Crippen LogP contribution in [0, 0.1) is 6.92 Å². The lowest BCUT2D eigenvalue weighted by Gasteiger charge is -2.37. The molecule has 0 aliphatic carbocycles. The number of nitrogens with zero attached hydrogens (tertiary/aromatic N) is 4. The summed E-state index contributed by atoms with van der Waals surface area (Å²) in [5.74, 6) is 0.0543. The Kier molecular flexibility index (Phi) is 5.12. The summed E-state index contributed by atoms with van der Waals surface area (Å²) in [6, 6.07) is 21.8. The third-order valence-corrected chi connectivity index (χ3v) is 6.14. The maximum Gasteiger partial charge on any atom is 0.254 e. The van der Waals surface area contributed by atoms with Gasteiger partial charge in [-0.3, -0.25) is 9.36 Å². The predicted molar refractivity (Wildman–Crippen MR) is 125 cm³/mol. The number of fused-ring (bicyclic) bond motifs is 1. The average Bonchev–Trinajstić information content (AvgIpc) is 3.24. The van der Waals surface area contributed by atoms with Crippen molar-refractivity contribution in [1.82, 2.24) is 14.5 Å². The molecule has 0 bridgehead atoms. The topological polar surface area (TPSA) is 41.4 Å². The van der Waals surface area contributed by atoms with Crippen LogP contribution in [0.1, 0.15) is 15.9 Å². The number of halogens is 1. The Hall–Kier alpha value is -3.31. The summed E-state index contributed by atoms with van der Waals surface area (Å²) in [6.07, 6.45) is 1.81. The van der Waals surface area contributed by atoms with Gasteiger partial charge in [0.25, 0.3) is 5.91 Å². The van der Waals surface area contributed by atoms with Gasteiger partial charge in [-0.2, -0.15) is 0 Å². The van der Waals surface area contributed by atoms with Gasteiger partial charge in [0.15, 0.2) is 0 Å². The van der Waals surface area contributed by atoms with Crippen LogP contribution in [0.15, 0.2) is 73.1 Å². The highest BCUT2D eigenvalue weighted by atomic mass is 35.5. The van der Waals surface area contributed by atoms with Crippen LogP contribution in [0.4, 0.5) is 5.69 Å². The molecular weight excluding hydrogens is 408 g/mol. The normalized spacial score (nSPS) is 14.3. The first-order valence-electron chi connectivity index (χ1n) is 10.4. The molecule has 0 saturated carbocycles. The second-order valence-electron chi connectivity index (χ2n) is 7.86. The Morgan fingerprint density at radius 3 is 2.48 bits per heavy atom. The molecule has 0 spiro atoms. The second-order valence-corrected chi connectivity index (χ2v) is 8.30. The van der Waals surface area contributed by atoms with E-state index >= 15 is 0 Å². The van der Waals surface area contributed by atoms with E-state index < -0.39 is 0 Å². The van der Waals surface area contributed by atoms with E-state index in [0.29, 0.717) is 18.7 Å². The average molecular weight is 431 g/mol. The van der Waals surface area contributed by atoms with E-state index in [1.807, 2.05) is 76.2 Å². The molecule has 31 heavy (non-hydrogen) atoms. The fraction of sp³-hybridized carbons (Fsp3) is 0.200. The van der Waals surface area contributed by atoms with Gasteiger partial charge in [-0.1, -0.05) is 35.9 Å². The highest BCUT2D eigenvalue weighted by molar-refractivity contribution is 6.30. The Morgan fingerprint density at radius 1 is 0.935 bits per heavy atom. The maximum atomic E-state index is 13.1. The fourth-order valence-corrected chi connectivity index (χ4v) is 4.36. The van der Waals surface area contributed by atoms with Crippen molar-refractivity contribution in [3.63, 3.8) is 0 Å². The molecule has 1 saturated heterocycles. The summed E-state index contributed by atoms with van der Waals surface area (Å²) in [4.78, 5) is 21.9. The van der Waals surface area contributed by atoms with Crippen molar-refractivity contribution in [2.45, 2.75) is 6.92 Å². The molecule has 4 aromatic rings. The lowest BCUT2D eigenvalue weighted by atomic mass is 10.1. The molecule has 1 aliphatic rings. The number of imidazole rings is 1. The molecule has 5 rings (SSSR count). The van der Waals surface area contributed by atoms with Gasteiger partial charge in [-0.25, -0.2) is 4.98 Å².